The van der Waals surface area contributed by atoms with Crippen LogP contribution < -0.4 is 5.32 Å². The third-order valence-corrected chi connectivity index (χ3v) is 4.56. The van der Waals surface area contributed by atoms with Gasteiger partial charge in [-0.05, 0) is 36.5 Å². The van der Waals surface area contributed by atoms with Crippen molar-refractivity contribution in [2.24, 2.45) is 0 Å². The molecule has 1 aromatic carbocycles. The highest BCUT2D eigenvalue weighted by Gasteiger charge is 2.28. The molecule has 0 spiro atoms. The smallest absolute Gasteiger partial charge is 0.159 e. The number of rotatable bonds is 5. The van der Waals surface area contributed by atoms with E-state index >= 15 is 0 Å². The minimum Gasteiger partial charge on any atom is -0.301 e. The molecule has 5 heteroatoms. The molecule has 21 heavy (non-hydrogen) atoms. The highest BCUT2D eigenvalue weighted by Crippen LogP contribution is 2.32. The van der Waals surface area contributed by atoms with E-state index in [-0.39, 0.29) is 6.04 Å². The van der Waals surface area contributed by atoms with E-state index in [0.29, 0.717) is 12.0 Å². The quantitative estimate of drug-likeness (QED) is 0.886. The molecule has 112 valence electrons. The minimum absolute atomic E-state index is 0.162. The topological polar surface area (TPSA) is 24.9 Å². The molecule has 1 aromatic heterocycles. The molecule has 3 rings (SSSR count). The van der Waals surface area contributed by atoms with Crippen molar-refractivity contribution < 1.29 is 8.78 Å². The molecule has 1 aliphatic carbocycles. The van der Waals surface area contributed by atoms with Gasteiger partial charge in [0.2, 0.25) is 0 Å². The third kappa shape index (κ3) is 3.30. The number of hydrogen-bond donors (Lipinski definition) is 1. The molecule has 0 amide bonds. The van der Waals surface area contributed by atoms with Crippen LogP contribution in [0.3, 0.4) is 0 Å². The Bertz CT molecular complexity index is 635. The lowest BCUT2D eigenvalue weighted by atomic mass is 10.1. The first-order valence-corrected chi connectivity index (χ1v) is 8.09. The van der Waals surface area contributed by atoms with Crippen molar-refractivity contribution in [2.75, 3.05) is 0 Å². The number of hydrogen-bond acceptors (Lipinski definition) is 3. The van der Waals surface area contributed by atoms with Crippen LogP contribution >= 0.6 is 11.3 Å². The first kappa shape index (κ1) is 14.6. The molecular formula is C16H18F2N2S. The van der Waals surface area contributed by atoms with Gasteiger partial charge in [-0.15, -0.1) is 11.3 Å². The number of benzene rings is 1. The van der Waals surface area contributed by atoms with Crippen molar-refractivity contribution in [3.05, 3.63) is 51.5 Å². The minimum atomic E-state index is -0.814. The number of nitrogens with one attached hydrogen (secondary N) is 1. The second-order valence-corrected chi connectivity index (χ2v) is 6.70. The molecule has 1 aliphatic rings. The largest absolute Gasteiger partial charge is 0.301 e. The summed E-state index contributed by atoms with van der Waals surface area (Å²) in [4.78, 5) is 4.66. The summed E-state index contributed by atoms with van der Waals surface area (Å²) in [5.74, 6) is -1.26. The van der Waals surface area contributed by atoms with Gasteiger partial charge < -0.3 is 5.32 Å². The van der Waals surface area contributed by atoms with E-state index in [2.05, 4.69) is 24.1 Å². The molecule has 0 radical (unpaired) electrons. The summed E-state index contributed by atoms with van der Waals surface area (Å²) in [6.45, 7) is 4.19. The van der Waals surface area contributed by atoms with E-state index in [1.54, 1.807) is 17.4 Å². The lowest BCUT2D eigenvalue weighted by molar-refractivity contribution is 0.502. The van der Waals surface area contributed by atoms with Crippen LogP contribution in [-0.2, 0) is 0 Å². The Morgan fingerprint density at radius 3 is 2.57 bits per heavy atom. The second-order valence-electron chi connectivity index (χ2n) is 5.81. The van der Waals surface area contributed by atoms with Crippen LogP contribution in [0.1, 0.15) is 54.9 Å². The van der Waals surface area contributed by atoms with E-state index in [1.165, 1.54) is 12.1 Å². The van der Waals surface area contributed by atoms with Gasteiger partial charge in [0.1, 0.15) is 5.01 Å². The first-order chi connectivity index (χ1) is 10.0. The predicted octanol–water partition coefficient (Wildman–Crippen LogP) is 4.39. The normalized spacial score (nSPS) is 16.4. The zero-order chi connectivity index (χ0) is 15.0. The number of nitrogens with zero attached hydrogens (tertiary/aromatic N) is 1. The van der Waals surface area contributed by atoms with Crippen molar-refractivity contribution in [1.29, 1.82) is 0 Å². The van der Waals surface area contributed by atoms with Gasteiger partial charge in [-0.25, -0.2) is 13.8 Å². The SMILES string of the molecule is CC(C)c1csc(C(NC2CC2)c2ccc(F)c(F)c2)n1. The molecule has 1 N–H and O–H groups in total. The van der Waals surface area contributed by atoms with Crippen LogP contribution in [0.4, 0.5) is 8.78 Å². The monoisotopic (exact) mass is 308 g/mol. The standard InChI is InChI=1S/C16H18F2N2S/c1-9(2)14-8-21-16(20-14)15(19-11-4-5-11)10-3-6-12(17)13(18)7-10/h3,6-9,11,15,19H,4-5H2,1-2H3. The fourth-order valence-electron chi connectivity index (χ4n) is 2.19. The zero-order valence-corrected chi connectivity index (χ0v) is 12.9. The van der Waals surface area contributed by atoms with E-state index < -0.39 is 11.6 Å². The molecule has 1 saturated carbocycles. The van der Waals surface area contributed by atoms with Crippen molar-refractivity contribution >= 4 is 11.3 Å². The number of halogens is 2. The first-order valence-electron chi connectivity index (χ1n) is 7.21. The van der Waals surface area contributed by atoms with E-state index in [1.807, 2.05) is 5.38 Å². The Hall–Kier alpha value is -1.33. The van der Waals surface area contributed by atoms with Crippen LogP contribution in [0.2, 0.25) is 0 Å². The molecule has 2 aromatic rings. The van der Waals surface area contributed by atoms with Crippen LogP contribution in [0.25, 0.3) is 0 Å². The van der Waals surface area contributed by atoms with Gasteiger partial charge in [-0.2, -0.15) is 0 Å². The fraction of sp³-hybridized carbons (Fsp3) is 0.438. The summed E-state index contributed by atoms with van der Waals surface area (Å²) in [5.41, 5.74) is 1.77. The molecule has 0 bridgehead atoms. The van der Waals surface area contributed by atoms with Crippen LogP contribution in [0.15, 0.2) is 23.6 Å². The van der Waals surface area contributed by atoms with Crippen molar-refractivity contribution in [3.63, 3.8) is 0 Å². The highest BCUT2D eigenvalue weighted by molar-refractivity contribution is 7.09. The molecule has 0 saturated heterocycles. The Balaban J connectivity index is 1.93. The van der Waals surface area contributed by atoms with Crippen LogP contribution in [0, 0.1) is 11.6 Å². The Morgan fingerprint density at radius 2 is 2.00 bits per heavy atom. The zero-order valence-electron chi connectivity index (χ0n) is 12.1. The van der Waals surface area contributed by atoms with Gasteiger partial charge in [-0.1, -0.05) is 19.9 Å². The average Bonchev–Trinajstić information content (AvgIpc) is 3.13. The van der Waals surface area contributed by atoms with E-state index in [0.717, 1.165) is 29.1 Å². The van der Waals surface area contributed by atoms with Crippen LogP contribution in [-0.4, -0.2) is 11.0 Å². The molecule has 1 heterocycles. The van der Waals surface area contributed by atoms with Crippen molar-refractivity contribution in [1.82, 2.24) is 10.3 Å². The molecule has 1 unspecified atom stereocenters. The molecule has 2 nitrogen and oxygen atoms in total. The van der Waals surface area contributed by atoms with Gasteiger partial charge in [0, 0.05) is 11.4 Å². The number of aromatic nitrogens is 1. The summed E-state index contributed by atoms with van der Waals surface area (Å²) < 4.78 is 26.7. The summed E-state index contributed by atoms with van der Waals surface area (Å²) in [7, 11) is 0. The third-order valence-electron chi connectivity index (χ3n) is 3.63. The summed E-state index contributed by atoms with van der Waals surface area (Å²) in [6, 6.07) is 4.38. The van der Waals surface area contributed by atoms with Crippen molar-refractivity contribution in [3.8, 4) is 0 Å². The fourth-order valence-corrected chi connectivity index (χ4v) is 3.25. The van der Waals surface area contributed by atoms with Gasteiger partial charge in [0.05, 0.1) is 11.7 Å². The number of thiazole rings is 1. The maximum Gasteiger partial charge on any atom is 0.159 e. The molecule has 1 fully saturated rings. The Kier molecular flexibility index (Phi) is 4.04. The lowest BCUT2D eigenvalue weighted by Crippen LogP contribution is -2.24. The van der Waals surface area contributed by atoms with Gasteiger partial charge in [0.15, 0.2) is 11.6 Å². The Morgan fingerprint density at radius 1 is 1.24 bits per heavy atom. The summed E-state index contributed by atoms with van der Waals surface area (Å²) >= 11 is 1.57. The summed E-state index contributed by atoms with van der Waals surface area (Å²) in [5, 5.41) is 6.44. The maximum absolute atomic E-state index is 13.5. The molecular weight excluding hydrogens is 290 g/mol. The van der Waals surface area contributed by atoms with E-state index in [9.17, 15) is 8.78 Å². The van der Waals surface area contributed by atoms with Crippen LogP contribution in [0.5, 0.6) is 0 Å². The molecule has 0 aliphatic heterocycles. The average molecular weight is 308 g/mol. The second kappa shape index (κ2) is 5.81. The summed E-state index contributed by atoms with van der Waals surface area (Å²) in [6.07, 6.45) is 2.26. The van der Waals surface area contributed by atoms with E-state index in [4.69, 9.17) is 0 Å². The predicted molar refractivity (Wildman–Crippen MR) is 80.6 cm³/mol. The van der Waals surface area contributed by atoms with Gasteiger partial charge >= 0.3 is 0 Å². The van der Waals surface area contributed by atoms with Crippen molar-refractivity contribution in [2.45, 2.75) is 44.7 Å². The maximum atomic E-state index is 13.5. The molecule has 1 atom stereocenters. The lowest BCUT2D eigenvalue weighted by Gasteiger charge is -2.17. The Labute approximate surface area is 127 Å². The highest BCUT2D eigenvalue weighted by atomic mass is 32.1. The van der Waals surface area contributed by atoms with Gasteiger partial charge in [-0.3, -0.25) is 0 Å². The van der Waals surface area contributed by atoms with Gasteiger partial charge in [0.25, 0.3) is 0 Å².